The summed E-state index contributed by atoms with van der Waals surface area (Å²) in [7, 11) is 1.36. The van der Waals surface area contributed by atoms with Gasteiger partial charge in [0.2, 0.25) is 0 Å². The maximum atomic E-state index is 13.3. The molecule has 102 valence electrons. The summed E-state index contributed by atoms with van der Waals surface area (Å²) in [6.07, 6.45) is 1.64. The predicted octanol–water partition coefficient (Wildman–Crippen LogP) is 1.73. The average molecular weight is 282 g/mol. The lowest BCUT2D eigenvalue weighted by atomic mass is 10.1. The molecule has 2 rings (SSSR count). The van der Waals surface area contributed by atoms with Crippen LogP contribution in [0.1, 0.15) is 23.2 Å². The van der Waals surface area contributed by atoms with Gasteiger partial charge in [0.1, 0.15) is 0 Å². The Labute approximate surface area is 116 Å². The van der Waals surface area contributed by atoms with E-state index in [1.54, 1.807) is 4.90 Å². The summed E-state index contributed by atoms with van der Waals surface area (Å²) in [6, 6.07) is 3.85. The number of methoxy groups -OCH3 is 1. The summed E-state index contributed by atoms with van der Waals surface area (Å²) in [4.78, 5) is 14.3. The number of amides is 1. The van der Waals surface area contributed by atoms with Gasteiger partial charge in [-0.25, -0.2) is 4.39 Å². The maximum Gasteiger partial charge on any atom is 0.254 e. The Morgan fingerprint density at radius 2 is 2.32 bits per heavy atom. The summed E-state index contributed by atoms with van der Waals surface area (Å²) in [6.45, 7) is 0.612. The third-order valence-corrected chi connectivity index (χ3v) is 3.51. The fraction of sp³-hybridized carbons (Fsp3) is 0.385. The molecule has 1 unspecified atom stereocenters. The number of thiocarbonyl (C=S) groups is 1. The third-order valence-electron chi connectivity index (χ3n) is 3.24. The van der Waals surface area contributed by atoms with Crippen LogP contribution in [0, 0.1) is 5.82 Å². The standard InChI is InChI=1S/C13H15FN2O2S/c1-18-11-7-8(4-5-9(11)14)13(17)16-6-2-3-10(16)12(15)19/h4-5,7,10H,2-3,6H2,1H3,(H2,15,19). The zero-order chi connectivity index (χ0) is 14.0. The molecule has 1 saturated heterocycles. The monoisotopic (exact) mass is 282 g/mol. The number of hydrogen-bond donors (Lipinski definition) is 1. The van der Waals surface area contributed by atoms with Crippen molar-refractivity contribution in [1.82, 2.24) is 4.90 Å². The molecule has 1 aromatic carbocycles. The van der Waals surface area contributed by atoms with Crippen molar-refractivity contribution in [3.05, 3.63) is 29.6 Å². The second-order valence-corrected chi connectivity index (χ2v) is 4.88. The predicted molar refractivity (Wildman–Crippen MR) is 73.8 cm³/mol. The van der Waals surface area contributed by atoms with Gasteiger partial charge < -0.3 is 15.4 Å². The Morgan fingerprint density at radius 1 is 1.58 bits per heavy atom. The highest BCUT2D eigenvalue weighted by Crippen LogP contribution is 2.23. The van der Waals surface area contributed by atoms with Crippen LogP contribution in [-0.4, -0.2) is 35.5 Å². The fourth-order valence-electron chi connectivity index (χ4n) is 2.26. The first-order chi connectivity index (χ1) is 9.04. The molecule has 6 heteroatoms. The number of hydrogen-bond acceptors (Lipinski definition) is 3. The second-order valence-electron chi connectivity index (χ2n) is 4.41. The lowest BCUT2D eigenvalue weighted by Gasteiger charge is -2.23. The minimum atomic E-state index is -0.494. The highest BCUT2D eigenvalue weighted by Gasteiger charge is 2.31. The first-order valence-corrected chi connectivity index (χ1v) is 6.39. The number of nitrogens with two attached hydrogens (primary N) is 1. The van der Waals surface area contributed by atoms with Gasteiger partial charge in [-0.1, -0.05) is 12.2 Å². The Balaban J connectivity index is 2.26. The zero-order valence-corrected chi connectivity index (χ0v) is 11.4. The van der Waals surface area contributed by atoms with Crippen LogP contribution in [0.15, 0.2) is 18.2 Å². The first-order valence-electron chi connectivity index (χ1n) is 5.98. The molecule has 0 bridgehead atoms. The largest absolute Gasteiger partial charge is 0.494 e. The van der Waals surface area contributed by atoms with Crippen molar-refractivity contribution in [2.24, 2.45) is 5.73 Å². The third kappa shape index (κ3) is 2.68. The van der Waals surface area contributed by atoms with Crippen molar-refractivity contribution in [2.75, 3.05) is 13.7 Å². The van der Waals surface area contributed by atoms with Gasteiger partial charge in [0, 0.05) is 12.1 Å². The molecule has 2 N–H and O–H groups in total. The Bertz CT molecular complexity index is 521. The van der Waals surface area contributed by atoms with Crippen LogP contribution in [0.5, 0.6) is 5.75 Å². The highest BCUT2D eigenvalue weighted by atomic mass is 32.1. The molecule has 1 atom stereocenters. The molecule has 4 nitrogen and oxygen atoms in total. The highest BCUT2D eigenvalue weighted by molar-refractivity contribution is 7.80. The lowest BCUT2D eigenvalue weighted by molar-refractivity contribution is 0.0770. The molecule has 1 aliphatic heterocycles. The van der Waals surface area contributed by atoms with E-state index in [2.05, 4.69) is 0 Å². The van der Waals surface area contributed by atoms with Crippen LogP contribution in [0.2, 0.25) is 0 Å². The van der Waals surface area contributed by atoms with E-state index in [0.29, 0.717) is 17.1 Å². The Hall–Kier alpha value is -1.69. The van der Waals surface area contributed by atoms with Gasteiger partial charge in [0.25, 0.3) is 5.91 Å². The number of rotatable bonds is 3. The molecular weight excluding hydrogens is 267 g/mol. The van der Waals surface area contributed by atoms with Crippen molar-refractivity contribution in [3.8, 4) is 5.75 Å². The van der Waals surface area contributed by atoms with Gasteiger partial charge in [0.15, 0.2) is 11.6 Å². The summed E-state index contributed by atoms with van der Waals surface area (Å²) in [5, 5.41) is 0. The zero-order valence-electron chi connectivity index (χ0n) is 10.6. The van der Waals surface area contributed by atoms with E-state index in [1.807, 2.05) is 0 Å². The molecule has 19 heavy (non-hydrogen) atoms. The SMILES string of the molecule is COc1cc(C(=O)N2CCCC2C(N)=S)ccc1F. The molecule has 0 spiro atoms. The van der Waals surface area contributed by atoms with Crippen molar-refractivity contribution >= 4 is 23.1 Å². The van der Waals surface area contributed by atoms with Gasteiger partial charge in [-0.2, -0.15) is 0 Å². The molecule has 1 aliphatic rings. The van der Waals surface area contributed by atoms with E-state index >= 15 is 0 Å². The molecule has 1 aromatic rings. The minimum Gasteiger partial charge on any atom is -0.494 e. The smallest absolute Gasteiger partial charge is 0.254 e. The number of carbonyl (C=O) groups excluding carboxylic acids is 1. The van der Waals surface area contributed by atoms with Crippen LogP contribution in [-0.2, 0) is 0 Å². The molecule has 0 aliphatic carbocycles. The van der Waals surface area contributed by atoms with Crippen LogP contribution < -0.4 is 10.5 Å². The molecule has 1 amide bonds. The maximum absolute atomic E-state index is 13.3. The molecule has 0 radical (unpaired) electrons. The van der Waals surface area contributed by atoms with Crippen LogP contribution in [0.3, 0.4) is 0 Å². The number of benzene rings is 1. The topological polar surface area (TPSA) is 55.6 Å². The van der Waals surface area contributed by atoms with Gasteiger partial charge in [-0.05, 0) is 31.0 Å². The minimum absolute atomic E-state index is 0.0527. The summed E-state index contributed by atoms with van der Waals surface area (Å²) >= 11 is 4.97. The van der Waals surface area contributed by atoms with Gasteiger partial charge in [-0.15, -0.1) is 0 Å². The number of nitrogens with zero attached hydrogens (tertiary/aromatic N) is 1. The molecule has 0 aromatic heterocycles. The average Bonchev–Trinajstić information content (AvgIpc) is 2.87. The van der Waals surface area contributed by atoms with Crippen LogP contribution in [0.25, 0.3) is 0 Å². The molecular formula is C13H15FN2O2S. The summed E-state index contributed by atoms with van der Waals surface area (Å²) in [5.74, 6) is -0.642. The van der Waals surface area contributed by atoms with Gasteiger partial charge >= 0.3 is 0 Å². The normalized spacial score (nSPS) is 18.4. The number of likely N-dealkylation sites (tertiary alicyclic amines) is 1. The van der Waals surface area contributed by atoms with Crippen molar-refractivity contribution in [1.29, 1.82) is 0 Å². The molecule has 0 saturated carbocycles. The fourth-order valence-corrected chi connectivity index (χ4v) is 2.51. The van der Waals surface area contributed by atoms with E-state index in [-0.39, 0.29) is 17.7 Å². The van der Waals surface area contributed by atoms with E-state index < -0.39 is 5.82 Å². The Kier molecular flexibility index (Phi) is 3.99. The van der Waals surface area contributed by atoms with E-state index in [4.69, 9.17) is 22.7 Å². The number of halogens is 1. The van der Waals surface area contributed by atoms with Crippen LogP contribution in [0.4, 0.5) is 4.39 Å². The van der Waals surface area contributed by atoms with E-state index in [9.17, 15) is 9.18 Å². The van der Waals surface area contributed by atoms with Crippen molar-refractivity contribution < 1.29 is 13.9 Å². The van der Waals surface area contributed by atoms with Crippen molar-refractivity contribution in [2.45, 2.75) is 18.9 Å². The lowest BCUT2D eigenvalue weighted by Crippen LogP contribution is -2.42. The van der Waals surface area contributed by atoms with Gasteiger partial charge in [-0.3, -0.25) is 4.79 Å². The second kappa shape index (κ2) is 5.52. The molecule has 1 heterocycles. The van der Waals surface area contributed by atoms with Gasteiger partial charge in [0.05, 0.1) is 18.1 Å². The Morgan fingerprint density at radius 3 is 2.95 bits per heavy atom. The molecule has 1 fully saturated rings. The summed E-state index contributed by atoms with van der Waals surface area (Å²) < 4.78 is 18.2. The van der Waals surface area contributed by atoms with Crippen LogP contribution >= 0.6 is 12.2 Å². The van der Waals surface area contributed by atoms with E-state index in [1.165, 1.54) is 25.3 Å². The number of ether oxygens (including phenoxy) is 1. The quantitative estimate of drug-likeness (QED) is 0.858. The first kappa shape index (κ1) is 13.7. The summed E-state index contributed by atoms with van der Waals surface area (Å²) in [5.41, 5.74) is 6.01. The number of carbonyl (C=O) groups is 1. The van der Waals surface area contributed by atoms with Crippen molar-refractivity contribution in [3.63, 3.8) is 0 Å². The van der Waals surface area contributed by atoms with E-state index in [0.717, 1.165) is 12.8 Å².